The summed E-state index contributed by atoms with van der Waals surface area (Å²) in [6.07, 6.45) is 3.35. The van der Waals surface area contributed by atoms with Gasteiger partial charge in [-0.25, -0.2) is 5.43 Å². The van der Waals surface area contributed by atoms with Gasteiger partial charge in [0.15, 0.2) is 0 Å². The number of rotatable bonds is 4. The third kappa shape index (κ3) is 3.20. The van der Waals surface area contributed by atoms with E-state index in [9.17, 15) is 4.79 Å². The van der Waals surface area contributed by atoms with Crippen molar-refractivity contribution in [3.05, 3.63) is 59.9 Å². The van der Waals surface area contributed by atoms with Gasteiger partial charge in [0.1, 0.15) is 5.75 Å². The quantitative estimate of drug-likeness (QED) is 0.684. The maximum absolute atomic E-state index is 12.0. The Morgan fingerprint density at radius 3 is 2.60 bits per heavy atom. The van der Waals surface area contributed by atoms with Gasteiger partial charge in [0.2, 0.25) is 0 Å². The number of hydrogen-bond acceptors (Lipinski definition) is 4. The molecule has 0 spiro atoms. The Bertz CT molecular complexity index is 624. The van der Waals surface area contributed by atoms with E-state index in [2.05, 4.69) is 15.5 Å². The van der Waals surface area contributed by atoms with Crippen LogP contribution in [0.15, 0.2) is 53.9 Å². The largest absolute Gasteiger partial charge is 0.496 e. The third-order valence-corrected chi connectivity index (χ3v) is 2.77. The number of nitrogens with zero attached hydrogens (tertiary/aromatic N) is 2. The van der Waals surface area contributed by atoms with E-state index in [0.717, 1.165) is 5.56 Å². The summed E-state index contributed by atoms with van der Waals surface area (Å²) in [5.74, 6) is 0.206. The molecule has 0 atom stereocenters. The number of nitrogens with one attached hydrogen (secondary N) is 1. The number of para-hydroxylation sites is 1. The van der Waals surface area contributed by atoms with Crippen LogP contribution < -0.4 is 10.2 Å². The van der Waals surface area contributed by atoms with Crippen LogP contribution in [0.4, 0.5) is 0 Å². The van der Waals surface area contributed by atoms with Crippen LogP contribution in [-0.4, -0.2) is 23.7 Å². The van der Waals surface area contributed by atoms with Crippen LogP contribution in [0.1, 0.15) is 22.8 Å². The molecule has 1 aromatic carbocycles. The van der Waals surface area contributed by atoms with Gasteiger partial charge in [-0.3, -0.25) is 9.78 Å². The minimum absolute atomic E-state index is 0.309. The number of hydrogen-bond donors (Lipinski definition) is 1. The van der Waals surface area contributed by atoms with E-state index in [4.69, 9.17) is 4.74 Å². The van der Waals surface area contributed by atoms with E-state index in [1.54, 1.807) is 36.7 Å². The number of amides is 1. The highest BCUT2D eigenvalue weighted by atomic mass is 16.5. The zero-order chi connectivity index (χ0) is 14.4. The third-order valence-electron chi connectivity index (χ3n) is 2.77. The zero-order valence-electron chi connectivity index (χ0n) is 11.3. The standard InChI is InChI=1S/C15H15N3O2/c1-11(12-7-9-16-10-8-12)17-18-15(19)13-5-3-4-6-14(13)20-2/h3-10H,1-2H3,(H,18,19). The normalized spacial score (nSPS) is 11.0. The van der Waals surface area contributed by atoms with E-state index in [0.29, 0.717) is 17.0 Å². The topological polar surface area (TPSA) is 63.6 Å². The van der Waals surface area contributed by atoms with Gasteiger partial charge in [0, 0.05) is 18.0 Å². The molecule has 5 nitrogen and oxygen atoms in total. The molecule has 0 unspecified atom stereocenters. The summed E-state index contributed by atoms with van der Waals surface area (Å²) >= 11 is 0. The van der Waals surface area contributed by atoms with Crippen molar-refractivity contribution >= 4 is 11.6 Å². The fourth-order valence-electron chi connectivity index (χ4n) is 1.68. The van der Waals surface area contributed by atoms with Crippen molar-refractivity contribution in [3.8, 4) is 5.75 Å². The number of hydrazone groups is 1. The van der Waals surface area contributed by atoms with Gasteiger partial charge in [-0.15, -0.1) is 0 Å². The molecule has 0 bridgehead atoms. The van der Waals surface area contributed by atoms with Crippen molar-refractivity contribution in [2.45, 2.75) is 6.92 Å². The predicted octanol–water partition coefficient (Wildman–Crippen LogP) is 2.24. The number of benzene rings is 1. The lowest BCUT2D eigenvalue weighted by atomic mass is 10.2. The fourth-order valence-corrected chi connectivity index (χ4v) is 1.68. The Labute approximate surface area is 117 Å². The minimum atomic E-state index is -0.309. The lowest BCUT2D eigenvalue weighted by Crippen LogP contribution is -2.20. The van der Waals surface area contributed by atoms with E-state index >= 15 is 0 Å². The predicted molar refractivity (Wildman–Crippen MR) is 76.9 cm³/mol. The Hall–Kier alpha value is -2.69. The Kier molecular flexibility index (Phi) is 4.44. The number of carbonyl (C=O) groups is 1. The van der Waals surface area contributed by atoms with Crippen LogP contribution >= 0.6 is 0 Å². The molecule has 5 heteroatoms. The van der Waals surface area contributed by atoms with Crippen LogP contribution in [0, 0.1) is 0 Å². The first-order valence-corrected chi connectivity index (χ1v) is 6.10. The second-order valence-corrected chi connectivity index (χ2v) is 4.07. The molecule has 102 valence electrons. The maximum Gasteiger partial charge on any atom is 0.275 e. The first-order valence-electron chi connectivity index (χ1n) is 6.10. The molecule has 0 saturated carbocycles. The Morgan fingerprint density at radius 1 is 1.20 bits per heavy atom. The smallest absolute Gasteiger partial charge is 0.275 e. The molecule has 0 aliphatic heterocycles. The van der Waals surface area contributed by atoms with Gasteiger partial charge in [-0.1, -0.05) is 12.1 Å². The molecule has 2 aromatic rings. The molecule has 20 heavy (non-hydrogen) atoms. The first kappa shape index (κ1) is 13.7. The molecule has 0 radical (unpaired) electrons. The number of methoxy groups -OCH3 is 1. The van der Waals surface area contributed by atoms with Crippen molar-refractivity contribution in [2.75, 3.05) is 7.11 Å². The highest BCUT2D eigenvalue weighted by Crippen LogP contribution is 2.16. The number of carbonyl (C=O) groups excluding carboxylic acids is 1. The highest BCUT2D eigenvalue weighted by molar-refractivity contribution is 6.01. The summed E-state index contributed by atoms with van der Waals surface area (Å²) in [4.78, 5) is 16.0. The van der Waals surface area contributed by atoms with Gasteiger partial charge in [0.25, 0.3) is 5.91 Å². The van der Waals surface area contributed by atoms with Crippen molar-refractivity contribution in [1.82, 2.24) is 10.4 Å². The second kappa shape index (κ2) is 6.47. The summed E-state index contributed by atoms with van der Waals surface area (Å²) in [6, 6.07) is 10.7. The summed E-state index contributed by atoms with van der Waals surface area (Å²) < 4.78 is 5.14. The molecule has 2 rings (SSSR count). The summed E-state index contributed by atoms with van der Waals surface area (Å²) in [5, 5.41) is 4.08. The van der Waals surface area contributed by atoms with E-state index in [1.807, 2.05) is 19.1 Å². The Morgan fingerprint density at radius 2 is 1.90 bits per heavy atom. The maximum atomic E-state index is 12.0. The van der Waals surface area contributed by atoms with E-state index < -0.39 is 0 Å². The Balaban J connectivity index is 2.12. The summed E-state index contributed by atoms with van der Waals surface area (Å²) in [5.41, 5.74) is 4.57. The lowest BCUT2D eigenvalue weighted by Gasteiger charge is -2.07. The lowest BCUT2D eigenvalue weighted by molar-refractivity contribution is 0.0952. The van der Waals surface area contributed by atoms with Gasteiger partial charge in [-0.2, -0.15) is 5.10 Å². The molecule has 0 aliphatic rings. The van der Waals surface area contributed by atoms with Crippen LogP contribution in [0.25, 0.3) is 0 Å². The molecule has 1 heterocycles. The number of ether oxygens (including phenoxy) is 1. The highest BCUT2D eigenvalue weighted by Gasteiger charge is 2.10. The molecule has 1 aromatic heterocycles. The van der Waals surface area contributed by atoms with E-state index in [-0.39, 0.29) is 5.91 Å². The minimum Gasteiger partial charge on any atom is -0.496 e. The van der Waals surface area contributed by atoms with Crippen molar-refractivity contribution in [2.24, 2.45) is 5.10 Å². The van der Waals surface area contributed by atoms with Crippen LogP contribution in [0.2, 0.25) is 0 Å². The summed E-state index contributed by atoms with van der Waals surface area (Å²) in [6.45, 7) is 1.82. The van der Waals surface area contributed by atoms with Crippen LogP contribution in [0.3, 0.4) is 0 Å². The van der Waals surface area contributed by atoms with Gasteiger partial charge in [0.05, 0.1) is 18.4 Å². The summed E-state index contributed by atoms with van der Waals surface area (Å²) in [7, 11) is 1.53. The molecular formula is C15H15N3O2. The molecule has 0 saturated heterocycles. The fraction of sp³-hybridized carbons (Fsp3) is 0.133. The van der Waals surface area contributed by atoms with Crippen molar-refractivity contribution in [1.29, 1.82) is 0 Å². The van der Waals surface area contributed by atoms with E-state index in [1.165, 1.54) is 7.11 Å². The molecule has 0 aliphatic carbocycles. The average Bonchev–Trinajstić information content (AvgIpc) is 2.53. The van der Waals surface area contributed by atoms with Gasteiger partial charge in [-0.05, 0) is 31.2 Å². The SMILES string of the molecule is COc1ccccc1C(=O)NN=C(C)c1ccncc1. The number of aromatic nitrogens is 1. The van der Waals surface area contributed by atoms with Crippen LogP contribution in [0.5, 0.6) is 5.75 Å². The van der Waals surface area contributed by atoms with Crippen molar-refractivity contribution in [3.63, 3.8) is 0 Å². The van der Waals surface area contributed by atoms with Gasteiger partial charge >= 0.3 is 0 Å². The molecular weight excluding hydrogens is 254 g/mol. The molecule has 0 fully saturated rings. The van der Waals surface area contributed by atoms with Crippen LogP contribution in [-0.2, 0) is 0 Å². The number of pyridine rings is 1. The second-order valence-electron chi connectivity index (χ2n) is 4.07. The van der Waals surface area contributed by atoms with Gasteiger partial charge < -0.3 is 4.74 Å². The molecule has 1 amide bonds. The van der Waals surface area contributed by atoms with Crippen molar-refractivity contribution < 1.29 is 9.53 Å². The monoisotopic (exact) mass is 269 g/mol. The molecule has 1 N–H and O–H groups in total. The first-order chi connectivity index (χ1) is 9.72. The zero-order valence-corrected chi connectivity index (χ0v) is 11.3. The average molecular weight is 269 g/mol.